The molecule has 0 aliphatic carbocycles. The molecule has 4 N–H and O–H groups in total. The summed E-state index contributed by atoms with van der Waals surface area (Å²) in [5.41, 5.74) is 0.592. The molecular formula is C19H20F2N4O3. The first-order chi connectivity index (χ1) is 13.4. The molecule has 9 heteroatoms. The van der Waals surface area contributed by atoms with Crippen LogP contribution in [0.5, 0.6) is 0 Å². The van der Waals surface area contributed by atoms with Crippen molar-refractivity contribution in [3.8, 4) is 0 Å². The molecule has 0 saturated heterocycles. The Labute approximate surface area is 160 Å². The van der Waals surface area contributed by atoms with Crippen LogP contribution < -0.4 is 21.3 Å². The quantitative estimate of drug-likeness (QED) is 0.547. The molecule has 7 nitrogen and oxygen atoms in total. The maximum Gasteiger partial charge on any atom is 0.323 e. The third-order valence-corrected chi connectivity index (χ3v) is 3.64. The molecule has 0 radical (unpaired) electrons. The summed E-state index contributed by atoms with van der Waals surface area (Å²) in [5.74, 6) is -2.05. The second kappa shape index (κ2) is 10.0. The van der Waals surface area contributed by atoms with Crippen molar-refractivity contribution in [1.82, 2.24) is 10.6 Å². The van der Waals surface area contributed by atoms with Gasteiger partial charge in [0, 0.05) is 36.8 Å². The summed E-state index contributed by atoms with van der Waals surface area (Å²) in [6.07, 6.45) is 0.379. The van der Waals surface area contributed by atoms with Crippen molar-refractivity contribution in [1.29, 1.82) is 0 Å². The predicted molar refractivity (Wildman–Crippen MR) is 101 cm³/mol. The third kappa shape index (κ3) is 6.35. The monoisotopic (exact) mass is 390 g/mol. The van der Waals surface area contributed by atoms with E-state index in [0.717, 1.165) is 12.1 Å². The van der Waals surface area contributed by atoms with Crippen LogP contribution in [0.15, 0.2) is 42.5 Å². The number of urea groups is 1. The van der Waals surface area contributed by atoms with Crippen LogP contribution in [0.3, 0.4) is 0 Å². The second-order valence-corrected chi connectivity index (χ2v) is 5.74. The molecule has 0 atom stereocenters. The zero-order chi connectivity index (χ0) is 20.5. The van der Waals surface area contributed by atoms with Crippen LogP contribution in [-0.4, -0.2) is 30.9 Å². The van der Waals surface area contributed by atoms with Crippen LogP contribution in [0.25, 0.3) is 0 Å². The van der Waals surface area contributed by atoms with Crippen molar-refractivity contribution in [2.75, 3.05) is 23.7 Å². The van der Waals surface area contributed by atoms with Crippen LogP contribution >= 0.6 is 0 Å². The molecule has 2 aromatic carbocycles. The van der Waals surface area contributed by atoms with E-state index in [0.29, 0.717) is 30.3 Å². The van der Waals surface area contributed by atoms with Crippen LogP contribution in [0.1, 0.15) is 23.7 Å². The minimum Gasteiger partial charge on any atom is -0.354 e. The topological polar surface area (TPSA) is 99.3 Å². The summed E-state index contributed by atoms with van der Waals surface area (Å²) in [4.78, 5) is 35.0. The Kier molecular flexibility index (Phi) is 7.44. The molecule has 2 rings (SSSR count). The van der Waals surface area contributed by atoms with E-state index in [4.69, 9.17) is 0 Å². The van der Waals surface area contributed by atoms with Gasteiger partial charge in [0.1, 0.15) is 11.6 Å². The Morgan fingerprint density at radius 1 is 0.893 bits per heavy atom. The fraction of sp³-hybridized carbons (Fsp3) is 0.211. The number of rotatable bonds is 7. The summed E-state index contributed by atoms with van der Waals surface area (Å²) in [6.45, 7) is 2.36. The van der Waals surface area contributed by atoms with E-state index in [1.54, 1.807) is 6.92 Å². The van der Waals surface area contributed by atoms with Gasteiger partial charge in [0.15, 0.2) is 0 Å². The number of halogens is 2. The van der Waals surface area contributed by atoms with Crippen LogP contribution in [0.2, 0.25) is 0 Å². The lowest BCUT2D eigenvalue weighted by atomic mass is 10.2. The van der Waals surface area contributed by atoms with E-state index >= 15 is 0 Å². The van der Waals surface area contributed by atoms with Crippen molar-refractivity contribution in [2.24, 2.45) is 0 Å². The normalized spacial score (nSPS) is 10.1. The van der Waals surface area contributed by atoms with Crippen LogP contribution in [0.4, 0.5) is 25.0 Å². The minimum absolute atomic E-state index is 0.0940. The number of hydrogen-bond donors (Lipinski definition) is 4. The highest BCUT2D eigenvalue weighted by molar-refractivity contribution is 6.00. The molecule has 0 aliphatic rings. The highest BCUT2D eigenvalue weighted by Crippen LogP contribution is 2.16. The summed E-state index contributed by atoms with van der Waals surface area (Å²) in [6, 6.07) is 8.12. The van der Waals surface area contributed by atoms with Gasteiger partial charge in [0.05, 0.1) is 5.69 Å². The van der Waals surface area contributed by atoms with Gasteiger partial charge >= 0.3 is 6.03 Å². The van der Waals surface area contributed by atoms with Gasteiger partial charge < -0.3 is 21.3 Å². The Hall–Kier alpha value is -3.49. The van der Waals surface area contributed by atoms with Crippen molar-refractivity contribution in [2.45, 2.75) is 13.3 Å². The van der Waals surface area contributed by atoms with Gasteiger partial charge in [0.25, 0.3) is 5.91 Å². The second-order valence-electron chi connectivity index (χ2n) is 5.74. The van der Waals surface area contributed by atoms with E-state index < -0.39 is 17.7 Å². The Balaban J connectivity index is 1.83. The first-order valence-electron chi connectivity index (χ1n) is 8.57. The molecule has 0 spiro atoms. The van der Waals surface area contributed by atoms with E-state index in [9.17, 15) is 23.2 Å². The van der Waals surface area contributed by atoms with Crippen LogP contribution in [-0.2, 0) is 4.79 Å². The molecule has 0 bridgehead atoms. The van der Waals surface area contributed by atoms with Crippen molar-refractivity contribution >= 4 is 29.2 Å². The number of amides is 4. The first-order valence-corrected chi connectivity index (χ1v) is 8.57. The van der Waals surface area contributed by atoms with E-state index in [-0.39, 0.29) is 24.0 Å². The molecule has 28 heavy (non-hydrogen) atoms. The molecule has 4 amide bonds. The Bertz CT molecular complexity index is 857. The number of carbonyl (C=O) groups is 3. The zero-order valence-electron chi connectivity index (χ0n) is 15.1. The van der Waals surface area contributed by atoms with E-state index in [1.165, 1.54) is 24.3 Å². The third-order valence-electron chi connectivity index (χ3n) is 3.64. The van der Waals surface area contributed by atoms with Crippen molar-refractivity contribution in [3.05, 3.63) is 59.7 Å². The van der Waals surface area contributed by atoms with Gasteiger partial charge in [0.2, 0.25) is 5.91 Å². The SMILES string of the molecule is CCC(=O)NCCNC(=O)c1ccc(NC(=O)Nc2ccc(F)cc2F)cc1. The largest absolute Gasteiger partial charge is 0.354 e. The fourth-order valence-electron chi connectivity index (χ4n) is 2.19. The summed E-state index contributed by atoms with van der Waals surface area (Å²) in [5, 5.41) is 10.0. The molecule has 0 saturated carbocycles. The standard InChI is InChI=1S/C19H20F2N4O3/c1-2-17(26)22-9-10-23-18(27)12-3-6-14(7-4-12)24-19(28)25-16-8-5-13(20)11-15(16)21/h3-8,11H,2,9-10H2,1H3,(H,22,26)(H,23,27)(H2,24,25,28). The highest BCUT2D eigenvalue weighted by Gasteiger charge is 2.09. The van der Waals surface area contributed by atoms with Crippen LogP contribution in [0, 0.1) is 11.6 Å². The lowest BCUT2D eigenvalue weighted by Crippen LogP contribution is -2.34. The molecule has 0 fully saturated rings. The van der Waals surface area contributed by atoms with Gasteiger partial charge in [-0.3, -0.25) is 9.59 Å². The lowest BCUT2D eigenvalue weighted by Gasteiger charge is -2.10. The Morgan fingerprint density at radius 2 is 1.57 bits per heavy atom. The maximum absolute atomic E-state index is 13.5. The lowest BCUT2D eigenvalue weighted by molar-refractivity contribution is -0.120. The average Bonchev–Trinajstić information content (AvgIpc) is 2.67. The molecule has 0 aromatic heterocycles. The predicted octanol–water partition coefficient (Wildman–Crippen LogP) is 2.86. The van der Waals surface area contributed by atoms with Gasteiger partial charge in [-0.15, -0.1) is 0 Å². The number of nitrogens with one attached hydrogen (secondary N) is 4. The minimum atomic E-state index is -0.891. The summed E-state index contributed by atoms with van der Waals surface area (Å²) in [7, 11) is 0. The number of hydrogen-bond acceptors (Lipinski definition) is 3. The molecule has 0 heterocycles. The molecular weight excluding hydrogens is 370 g/mol. The maximum atomic E-state index is 13.5. The van der Waals surface area contributed by atoms with Crippen molar-refractivity contribution in [3.63, 3.8) is 0 Å². The number of anilines is 2. The van der Waals surface area contributed by atoms with E-state index in [1.807, 2.05) is 0 Å². The Morgan fingerprint density at radius 3 is 2.21 bits per heavy atom. The number of carbonyl (C=O) groups excluding carboxylic acids is 3. The number of benzene rings is 2. The summed E-state index contributed by atoms with van der Waals surface area (Å²) >= 11 is 0. The average molecular weight is 390 g/mol. The summed E-state index contributed by atoms with van der Waals surface area (Å²) < 4.78 is 26.4. The molecule has 0 aliphatic heterocycles. The molecule has 0 unspecified atom stereocenters. The molecule has 2 aromatic rings. The van der Waals surface area contributed by atoms with Gasteiger partial charge in [-0.1, -0.05) is 6.92 Å². The zero-order valence-corrected chi connectivity index (χ0v) is 15.1. The fourth-order valence-corrected chi connectivity index (χ4v) is 2.19. The van der Waals surface area contributed by atoms with Gasteiger partial charge in [-0.05, 0) is 36.4 Å². The first kappa shape index (κ1) is 20.8. The van der Waals surface area contributed by atoms with Crippen molar-refractivity contribution < 1.29 is 23.2 Å². The highest BCUT2D eigenvalue weighted by atomic mass is 19.1. The molecule has 148 valence electrons. The van der Waals surface area contributed by atoms with Gasteiger partial charge in [-0.2, -0.15) is 0 Å². The van der Waals surface area contributed by atoms with E-state index in [2.05, 4.69) is 21.3 Å². The van der Waals surface area contributed by atoms with Gasteiger partial charge in [-0.25, -0.2) is 13.6 Å². The smallest absolute Gasteiger partial charge is 0.323 e.